The molecule has 1 atom stereocenters. The van der Waals surface area contributed by atoms with Crippen molar-refractivity contribution in [3.05, 3.63) is 101 Å². The Hall–Kier alpha value is -2.72. The van der Waals surface area contributed by atoms with Crippen molar-refractivity contribution in [2.75, 3.05) is 5.01 Å². The van der Waals surface area contributed by atoms with E-state index in [-0.39, 0.29) is 17.7 Å². The van der Waals surface area contributed by atoms with Crippen molar-refractivity contribution in [1.82, 2.24) is 0 Å². The smallest absolute Gasteiger partial charge is 0.128 e. The minimum atomic E-state index is -0.323. The Balaban J connectivity index is 1.80. The molecule has 0 aliphatic carbocycles. The van der Waals surface area contributed by atoms with Crippen molar-refractivity contribution < 1.29 is 8.78 Å². The number of anilines is 1. The van der Waals surface area contributed by atoms with Crippen LogP contribution in [0.4, 0.5) is 14.5 Å². The van der Waals surface area contributed by atoms with Gasteiger partial charge in [0.05, 0.1) is 22.5 Å². The van der Waals surface area contributed by atoms with Gasteiger partial charge in [0.2, 0.25) is 0 Å². The largest absolute Gasteiger partial charge is 0.256 e. The Morgan fingerprint density at radius 1 is 0.885 bits per heavy atom. The van der Waals surface area contributed by atoms with Crippen molar-refractivity contribution in [2.45, 2.75) is 12.5 Å². The second-order valence-corrected chi connectivity index (χ2v) is 6.50. The fourth-order valence-corrected chi connectivity index (χ4v) is 3.40. The number of nitrogens with zero attached hydrogens (tertiary/aromatic N) is 2. The van der Waals surface area contributed by atoms with Gasteiger partial charge in [0.15, 0.2) is 0 Å². The second kappa shape index (κ2) is 6.89. The zero-order chi connectivity index (χ0) is 18.1. The number of hydrogen-bond donors (Lipinski definition) is 0. The molecular formula is C21H15ClF2N2. The van der Waals surface area contributed by atoms with Crippen LogP contribution < -0.4 is 5.01 Å². The van der Waals surface area contributed by atoms with Gasteiger partial charge in [-0.2, -0.15) is 5.10 Å². The minimum absolute atomic E-state index is 0.287. The summed E-state index contributed by atoms with van der Waals surface area (Å²) in [5.41, 5.74) is 2.83. The Bertz CT molecular complexity index is 970. The van der Waals surface area contributed by atoms with E-state index < -0.39 is 0 Å². The average molecular weight is 369 g/mol. The van der Waals surface area contributed by atoms with E-state index in [2.05, 4.69) is 0 Å². The molecule has 5 heteroatoms. The Morgan fingerprint density at radius 2 is 1.58 bits per heavy atom. The van der Waals surface area contributed by atoms with E-state index >= 15 is 0 Å². The topological polar surface area (TPSA) is 15.6 Å². The van der Waals surface area contributed by atoms with Crippen LogP contribution in [0.5, 0.6) is 0 Å². The summed E-state index contributed by atoms with van der Waals surface area (Å²) in [6.07, 6.45) is 0.498. The van der Waals surface area contributed by atoms with Crippen LogP contribution in [0.3, 0.4) is 0 Å². The quantitative estimate of drug-likeness (QED) is 0.555. The summed E-state index contributed by atoms with van der Waals surface area (Å²) >= 11 is 6.36. The highest BCUT2D eigenvalue weighted by molar-refractivity contribution is 6.33. The van der Waals surface area contributed by atoms with E-state index in [1.54, 1.807) is 41.4 Å². The molecule has 0 amide bonds. The second-order valence-electron chi connectivity index (χ2n) is 6.09. The summed E-state index contributed by atoms with van der Waals surface area (Å²) in [7, 11) is 0. The Morgan fingerprint density at radius 3 is 2.31 bits per heavy atom. The summed E-state index contributed by atoms with van der Waals surface area (Å²) in [5, 5.41) is 6.98. The molecule has 26 heavy (non-hydrogen) atoms. The molecule has 1 aliphatic rings. The monoisotopic (exact) mass is 368 g/mol. The van der Waals surface area contributed by atoms with Gasteiger partial charge in [-0.3, -0.25) is 5.01 Å². The van der Waals surface area contributed by atoms with Gasteiger partial charge in [-0.1, -0.05) is 54.1 Å². The van der Waals surface area contributed by atoms with Crippen molar-refractivity contribution in [3.63, 3.8) is 0 Å². The predicted octanol–water partition coefficient (Wildman–Crippen LogP) is 5.97. The van der Waals surface area contributed by atoms with E-state index in [0.29, 0.717) is 22.7 Å². The lowest BCUT2D eigenvalue weighted by Gasteiger charge is -2.25. The maximum atomic E-state index is 14.5. The van der Waals surface area contributed by atoms with E-state index in [1.807, 2.05) is 18.2 Å². The molecule has 0 aromatic heterocycles. The molecule has 2 nitrogen and oxygen atoms in total. The molecule has 0 bridgehead atoms. The van der Waals surface area contributed by atoms with Gasteiger partial charge in [0, 0.05) is 12.0 Å². The van der Waals surface area contributed by atoms with E-state index in [9.17, 15) is 8.78 Å². The first-order chi connectivity index (χ1) is 12.6. The zero-order valence-corrected chi connectivity index (χ0v) is 14.5. The molecule has 0 spiro atoms. The van der Waals surface area contributed by atoms with Gasteiger partial charge in [0.1, 0.15) is 11.6 Å². The first-order valence-electron chi connectivity index (χ1n) is 8.25. The van der Waals surface area contributed by atoms with Crippen LogP contribution in [0.2, 0.25) is 5.02 Å². The standard InChI is InChI=1S/C21H15ClF2N2/c22-17-6-2-4-8-20(17)26-21(16-5-1-3-7-18(16)24)13-19(25-26)14-9-11-15(23)12-10-14/h1-12,21H,13H2. The molecule has 0 saturated heterocycles. The molecule has 0 N–H and O–H groups in total. The molecule has 0 saturated carbocycles. The third kappa shape index (κ3) is 3.08. The summed E-state index contributed by atoms with van der Waals surface area (Å²) in [6.45, 7) is 0. The highest BCUT2D eigenvalue weighted by atomic mass is 35.5. The normalized spacial score (nSPS) is 16.7. The minimum Gasteiger partial charge on any atom is -0.256 e. The Kier molecular flexibility index (Phi) is 4.43. The third-order valence-electron chi connectivity index (χ3n) is 4.45. The van der Waals surface area contributed by atoms with Crippen LogP contribution in [-0.4, -0.2) is 5.71 Å². The molecule has 1 aliphatic heterocycles. The molecule has 3 aromatic carbocycles. The fraction of sp³-hybridized carbons (Fsp3) is 0.0952. The summed E-state index contributed by atoms with van der Waals surface area (Å²) < 4.78 is 27.7. The summed E-state index contributed by atoms with van der Waals surface area (Å²) in [4.78, 5) is 0. The molecule has 1 unspecified atom stereocenters. The first-order valence-corrected chi connectivity index (χ1v) is 8.63. The number of para-hydroxylation sites is 1. The average Bonchev–Trinajstić information content (AvgIpc) is 3.08. The SMILES string of the molecule is Fc1ccc(C2=NN(c3ccccc3Cl)C(c3ccccc3F)C2)cc1. The lowest BCUT2D eigenvalue weighted by molar-refractivity contribution is 0.579. The van der Waals surface area contributed by atoms with Crippen LogP contribution >= 0.6 is 11.6 Å². The molecule has 0 radical (unpaired) electrons. The molecule has 4 rings (SSSR count). The van der Waals surface area contributed by atoms with Crippen molar-refractivity contribution in [2.24, 2.45) is 5.10 Å². The van der Waals surface area contributed by atoms with Crippen LogP contribution in [0, 0.1) is 11.6 Å². The van der Waals surface area contributed by atoms with Gasteiger partial charge in [-0.25, -0.2) is 8.78 Å². The van der Waals surface area contributed by atoms with E-state index in [4.69, 9.17) is 16.7 Å². The van der Waals surface area contributed by atoms with Crippen molar-refractivity contribution >= 4 is 23.0 Å². The third-order valence-corrected chi connectivity index (χ3v) is 4.77. The molecular weight excluding hydrogens is 354 g/mol. The number of rotatable bonds is 3. The van der Waals surface area contributed by atoms with Gasteiger partial charge in [-0.15, -0.1) is 0 Å². The number of hydrogen-bond acceptors (Lipinski definition) is 2. The summed E-state index contributed by atoms with van der Waals surface area (Å²) in [5.74, 6) is -0.592. The number of halogens is 3. The molecule has 130 valence electrons. The molecule has 3 aromatic rings. The van der Waals surface area contributed by atoms with Crippen LogP contribution in [0.15, 0.2) is 77.9 Å². The van der Waals surface area contributed by atoms with Crippen LogP contribution in [0.1, 0.15) is 23.6 Å². The van der Waals surface area contributed by atoms with Gasteiger partial charge in [0.25, 0.3) is 0 Å². The first kappa shape index (κ1) is 16.7. The van der Waals surface area contributed by atoms with Crippen molar-refractivity contribution in [3.8, 4) is 0 Å². The number of benzene rings is 3. The number of hydrazone groups is 1. The molecule has 1 heterocycles. The summed E-state index contributed by atoms with van der Waals surface area (Å²) in [6, 6.07) is 19.8. The highest BCUT2D eigenvalue weighted by Gasteiger charge is 2.32. The Labute approximate surface area is 155 Å². The fourth-order valence-electron chi connectivity index (χ4n) is 3.17. The van der Waals surface area contributed by atoms with E-state index in [1.165, 1.54) is 18.2 Å². The van der Waals surface area contributed by atoms with E-state index in [0.717, 1.165) is 11.3 Å². The van der Waals surface area contributed by atoms with Crippen LogP contribution in [0.25, 0.3) is 0 Å². The zero-order valence-electron chi connectivity index (χ0n) is 13.7. The predicted molar refractivity (Wildman–Crippen MR) is 101 cm³/mol. The lowest BCUT2D eigenvalue weighted by atomic mass is 9.98. The maximum absolute atomic E-state index is 14.5. The highest BCUT2D eigenvalue weighted by Crippen LogP contribution is 2.40. The maximum Gasteiger partial charge on any atom is 0.128 e. The van der Waals surface area contributed by atoms with Gasteiger partial charge in [-0.05, 0) is 35.9 Å². The van der Waals surface area contributed by atoms with Gasteiger partial charge < -0.3 is 0 Å². The van der Waals surface area contributed by atoms with Crippen molar-refractivity contribution in [1.29, 1.82) is 0 Å². The van der Waals surface area contributed by atoms with Gasteiger partial charge >= 0.3 is 0 Å². The molecule has 0 fully saturated rings. The van der Waals surface area contributed by atoms with Crippen LogP contribution in [-0.2, 0) is 0 Å². The lowest BCUT2D eigenvalue weighted by Crippen LogP contribution is -2.19.